The van der Waals surface area contributed by atoms with E-state index in [9.17, 15) is 39.9 Å². The molecule has 24 heavy (non-hydrogen) atoms. The van der Waals surface area contributed by atoms with Crippen LogP contribution in [-0.2, 0) is 12.1 Å². The maximum absolute atomic E-state index is 13.5. The van der Waals surface area contributed by atoms with Crippen molar-refractivity contribution in [1.29, 1.82) is 0 Å². The summed E-state index contributed by atoms with van der Waals surface area (Å²) in [6.07, 6.45) is -12.1. The second-order valence-corrected chi connectivity index (χ2v) is 4.61. The van der Waals surface area contributed by atoms with Crippen LogP contribution < -0.4 is 5.43 Å². The summed E-state index contributed by atoms with van der Waals surface area (Å²) in [6.45, 7) is 0. The van der Waals surface area contributed by atoms with Crippen molar-refractivity contribution in [2.45, 2.75) is 18.3 Å². The summed E-state index contributed by atoms with van der Waals surface area (Å²) in [5.41, 5.74) is -4.88. The molecule has 0 saturated carbocycles. The van der Waals surface area contributed by atoms with Crippen LogP contribution in [0.25, 0.3) is 11.3 Å². The van der Waals surface area contributed by atoms with Gasteiger partial charge >= 0.3 is 18.3 Å². The first-order valence-corrected chi connectivity index (χ1v) is 6.11. The van der Waals surface area contributed by atoms with Crippen LogP contribution in [0.2, 0.25) is 0 Å². The fraction of sp³-hybridized carbons (Fsp3) is 0.214. The van der Waals surface area contributed by atoms with E-state index in [2.05, 4.69) is 4.42 Å². The van der Waals surface area contributed by atoms with Crippen molar-refractivity contribution >= 4 is 0 Å². The maximum atomic E-state index is 13.5. The van der Waals surface area contributed by atoms with Gasteiger partial charge in [0.15, 0.2) is 11.2 Å². The third-order valence-electron chi connectivity index (χ3n) is 2.93. The molecule has 0 N–H and O–H groups in total. The summed E-state index contributed by atoms with van der Waals surface area (Å²) in [4.78, 5) is 11.6. The molecule has 0 amide bonds. The van der Waals surface area contributed by atoms with Gasteiger partial charge in [0.2, 0.25) is 0 Å². The minimum absolute atomic E-state index is 0.137. The van der Waals surface area contributed by atoms with Gasteiger partial charge in [0, 0.05) is 11.6 Å². The fourth-order valence-electron chi connectivity index (χ4n) is 1.86. The number of hydrogen-bond acceptors (Lipinski definition) is 2. The molecule has 130 valence electrons. The van der Waals surface area contributed by atoms with Crippen molar-refractivity contribution < 1.29 is 39.5 Å². The zero-order valence-electron chi connectivity index (χ0n) is 11.3. The van der Waals surface area contributed by atoms with Crippen LogP contribution in [0, 0.1) is 0 Å². The predicted molar refractivity (Wildman–Crippen MR) is 65.4 cm³/mol. The Morgan fingerprint density at radius 3 is 1.83 bits per heavy atom. The van der Waals surface area contributed by atoms with E-state index < -0.39 is 40.8 Å². The van der Waals surface area contributed by atoms with Gasteiger partial charge in [-0.2, -0.15) is 35.1 Å². The minimum Gasteiger partial charge on any atom is -0.453 e. The van der Waals surface area contributed by atoms with Gasteiger partial charge < -0.3 is 4.42 Å². The molecule has 0 bridgehead atoms. The molecule has 1 heterocycles. The average molecular weight is 358 g/mol. The summed E-state index contributed by atoms with van der Waals surface area (Å²) < 4.78 is 107. The Labute approximate surface area is 128 Å². The first-order chi connectivity index (χ1) is 10.9. The summed E-state index contributed by atoms with van der Waals surface area (Å²) >= 11 is 0. The lowest BCUT2D eigenvalue weighted by molar-refractivity contribution is -0.298. The van der Waals surface area contributed by atoms with E-state index >= 15 is 0 Å². The lowest BCUT2D eigenvalue weighted by atomic mass is 10.1. The van der Waals surface area contributed by atoms with Crippen molar-refractivity contribution in [3.05, 3.63) is 57.9 Å². The van der Waals surface area contributed by atoms with E-state index in [0.29, 0.717) is 0 Å². The van der Waals surface area contributed by atoms with Crippen molar-refractivity contribution in [1.82, 2.24) is 0 Å². The van der Waals surface area contributed by atoms with Gasteiger partial charge in [-0.3, -0.25) is 4.79 Å². The zero-order chi connectivity index (χ0) is 18.3. The highest BCUT2D eigenvalue weighted by Crippen LogP contribution is 2.48. The van der Waals surface area contributed by atoms with E-state index in [1.54, 1.807) is 0 Å². The lowest BCUT2D eigenvalue weighted by Crippen LogP contribution is -2.38. The molecule has 0 radical (unpaired) electrons. The van der Waals surface area contributed by atoms with Crippen LogP contribution in [0.15, 0.2) is 45.6 Å². The molecule has 0 fully saturated rings. The third-order valence-corrected chi connectivity index (χ3v) is 2.93. The van der Waals surface area contributed by atoms with Crippen molar-refractivity contribution in [2.75, 3.05) is 0 Å². The smallest absolute Gasteiger partial charge is 0.453 e. The highest BCUT2D eigenvalue weighted by Gasteiger charge is 2.64. The second-order valence-electron chi connectivity index (χ2n) is 4.61. The molecule has 0 atom stereocenters. The molecule has 2 nitrogen and oxygen atoms in total. The van der Waals surface area contributed by atoms with Crippen molar-refractivity contribution in [3.63, 3.8) is 0 Å². The predicted octanol–water partition coefficient (Wildman–Crippen LogP) is 4.98. The fourth-order valence-corrected chi connectivity index (χ4v) is 1.86. The number of hydrogen-bond donors (Lipinski definition) is 0. The molecule has 0 saturated heterocycles. The second kappa shape index (κ2) is 5.60. The molecule has 0 unspecified atom stereocenters. The monoisotopic (exact) mass is 358 g/mol. The summed E-state index contributed by atoms with van der Waals surface area (Å²) in [5.74, 6) is -9.62. The standard InChI is InChI=1S/C14H6F8O2/c15-12(16,14(20,21)22)11-10(13(17,18)19)8(23)6-9(24-11)7-4-2-1-3-5-7/h1-6H. The van der Waals surface area contributed by atoms with E-state index in [1.165, 1.54) is 30.3 Å². The normalized spacial score (nSPS) is 13.2. The highest BCUT2D eigenvalue weighted by atomic mass is 19.4. The van der Waals surface area contributed by atoms with E-state index in [-0.39, 0.29) is 11.6 Å². The topological polar surface area (TPSA) is 30.2 Å². The lowest BCUT2D eigenvalue weighted by Gasteiger charge is -2.22. The zero-order valence-corrected chi connectivity index (χ0v) is 11.3. The van der Waals surface area contributed by atoms with Gasteiger partial charge in [-0.25, -0.2) is 0 Å². The van der Waals surface area contributed by atoms with Crippen LogP contribution in [0.1, 0.15) is 11.3 Å². The number of halogens is 8. The van der Waals surface area contributed by atoms with Crippen molar-refractivity contribution in [2.24, 2.45) is 0 Å². The van der Waals surface area contributed by atoms with Gasteiger partial charge in [0.05, 0.1) is 0 Å². The Morgan fingerprint density at radius 1 is 0.833 bits per heavy atom. The molecule has 1 aromatic carbocycles. The van der Waals surface area contributed by atoms with Crippen LogP contribution in [0.3, 0.4) is 0 Å². The first-order valence-electron chi connectivity index (χ1n) is 6.11. The first kappa shape index (κ1) is 18.0. The SMILES string of the molecule is O=c1cc(-c2ccccc2)oc(C(F)(F)C(F)(F)F)c1C(F)(F)F. The maximum Gasteiger partial charge on any atom is 0.461 e. The molecule has 0 aliphatic heterocycles. The molecule has 0 spiro atoms. The van der Waals surface area contributed by atoms with E-state index in [1.807, 2.05) is 0 Å². The van der Waals surface area contributed by atoms with Crippen LogP contribution in [-0.4, -0.2) is 6.18 Å². The Morgan fingerprint density at radius 2 is 1.38 bits per heavy atom. The number of alkyl halides is 8. The largest absolute Gasteiger partial charge is 0.461 e. The molecule has 2 rings (SSSR count). The third kappa shape index (κ3) is 3.13. The van der Waals surface area contributed by atoms with Gasteiger partial charge in [-0.1, -0.05) is 30.3 Å². The summed E-state index contributed by atoms with van der Waals surface area (Å²) in [6, 6.07) is 6.66. The van der Waals surface area contributed by atoms with E-state index in [0.717, 1.165) is 0 Å². The molecule has 10 heteroatoms. The molecular weight excluding hydrogens is 352 g/mol. The molecule has 2 aromatic rings. The number of benzene rings is 1. The van der Waals surface area contributed by atoms with Crippen LogP contribution in [0.5, 0.6) is 0 Å². The van der Waals surface area contributed by atoms with Crippen LogP contribution >= 0.6 is 0 Å². The van der Waals surface area contributed by atoms with E-state index in [4.69, 9.17) is 0 Å². The minimum atomic E-state index is -6.38. The summed E-state index contributed by atoms with van der Waals surface area (Å²) in [5, 5.41) is 0. The quantitative estimate of drug-likeness (QED) is 0.709. The highest BCUT2D eigenvalue weighted by molar-refractivity contribution is 5.57. The molecule has 0 aliphatic carbocycles. The van der Waals surface area contributed by atoms with Gasteiger partial charge in [0.1, 0.15) is 11.3 Å². The number of rotatable bonds is 2. The Kier molecular flexibility index (Phi) is 4.19. The Hall–Kier alpha value is -2.39. The van der Waals surface area contributed by atoms with Gasteiger partial charge in [-0.05, 0) is 0 Å². The molecule has 0 aliphatic rings. The average Bonchev–Trinajstić information content (AvgIpc) is 2.44. The summed E-state index contributed by atoms with van der Waals surface area (Å²) in [7, 11) is 0. The molecule has 1 aromatic heterocycles. The van der Waals surface area contributed by atoms with Crippen molar-refractivity contribution in [3.8, 4) is 11.3 Å². The molecular formula is C14H6F8O2. The van der Waals surface area contributed by atoms with Crippen LogP contribution in [0.4, 0.5) is 35.1 Å². The Balaban J connectivity index is 2.84. The Bertz CT molecular complexity index is 787. The van der Waals surface area contributed by atoms with Gasteiger partial charge in [0.25, 0.3) is 0 Å². The van der Waals surface area contributed by atoms with Gasteiger partial charge in [-0.15, -0.1) is 0 Å².